The van der Waals surface area contributed by atoms with Crippen molar-refractivity contribution in [3.05, 3.63) is 68.0 Å². The topological polar surface area (TPSA) is 190 Å². The van der Waals surface area contributed by atoms with Crippen LogP contribution in [0.25, 0.3) is 0 Å². The zero-order valence-corrected chi connectivity index (χ0v) is 19.1. The normalized spacial score (nSPS) is 23.3. The molecule has 2 aromatic rings. The minimum Gasteiger partial charge on any atom is -0.464 e. The molecule has 0 saturated carbocycles. The maximum atomic E-state index is 13.4. The van der Waals surface area contributed by atoms with Crippen molar-refractivity contribution >= 4 is 29.6 Å². The minimum absolute atomic E-state index is 0.0950. The molecule has 0 bridgehead atoms. The van der Waals surface area contributed by atoms with Crippen LogP contribution in [0.2, 0.25) is 0 Å². The van der Waals surface area contributed by atoms with Gasteiger partial charge in [-0.3, -0.25) is 25.0 Å². The summed E-state index contributed by atoms with van der Waals surface area (Å²) in [5.41, 5.74) is -0.568. The van der Waals surface area contributed by atoms with Gasteiger partial charge in [0.1, 0.15) is 15.9 Å². The first-order valence-corrected chi connectivity index (χ1v) is 11.0. The number of methoxy groups -OCH3 is 1. The summed E-state index contributed by atoms with van der Waals surface area (Å²) in [4.78, 5) is 61.0. The van der Waals surface area contributed by atoms with E-state index in [2.05, 4.69) is 14.9 Å². The third kappa shape index (κ3) is 3.84. The SMILES string of the molecule is COC(=O)c1cnn(C[C@]2(C)S[C@H]3CC(=O)N3[C@H]2C(=O)OC(c2ccccc2)([N+](=O)[O-])[N+](=O)[O-])n1. The van der Waals surface area contributed by atoms with Crippen molar-refractivity contribution in [2.75, 3.05) is 7.11 Å². The number of benzene rings is 1. The maximum Gasteiger partial charge on any atom is 0.651 e. The largest absolute Gasteiger partial charge is 0.651 e. The number of ether oxygens (including phenoxy) is 2. The van der Waals surface area contributed by atoms with Crippen molar-refractivity contribution in [3.8, 4) is 0 Å². The number of β-lactam (4-membered cyclic amide) rings is 1. The van der Waals surface area contributed by atoms with E-state index in [1.54, 1.807) is 6.92 Å². The Morgan fingerprint density at radius 3 is 2.49 bits per heavy atom. The van der Waals surface area contributed by atoms with Crippen LogP contribution in [0.3, 0.4) is 0 Å². The van der Waals surface area contributed by atoms with Gasteiger partial charge in [0.2, 0.25) is 5.91 Å². The summed E-state index contributed by atoms with van der Waals surface area (Å²) in [5, 5.41) is 31.4. The van der Waals surface area contributed by atoms with Gasteiger partial charge in [0, 0.05) is 0 Å². The van der Waals surface area contributed by atoms with Crippen LogP contribution < -0.4 is 0 Å². The monoisotopic (exact) mass is 506 g/mol. The molecule has 3 heterocycles. The van der Waals surface area contributed by atoms with Crippen LogP contribution in [0.1, 0.15) is 29.4 Å². The fourth-order valence-corrected chi connectivity index (χ4v) is 5.81. The summed E-state index contributed by atoms with van der Waals surface area (Å²) in [6, 6.07) is 4.93. The summed E-state index contributed by atoms with van der Waals surface area (Å²) < 4.78 is 8.45. The number of carbonyl (C=O) groups is 3. The smallest absolute Gasteiger partial charge is 0.464 e. The standard InChI is InChI=1S/C19H18N6O9S/c1-18(10-22-20-9-12(21-22)16(27)33-2)15(23-13(26)8-14(23)35-18)17(28)34-19(24(29)30,25(31)32)11-6-4-3-5-7-11/h3-7,9,14-15H,8,10H2,1-2H3/t14-,15-,18-/m0/s1. The molecule has 0 N–H and O–H groups in total. The number of carbonyl (C=O) groups excluding carboxylic acids is 3. The van der Waals surface area contributed by atoms with Gasteiger partial charge in [-0.25, -0.2) is 9.59 Å². The second kappa shape index (κ2) is 8.61. The molecule has 1 aromatic heterocycles. The molecule has 3 atom stereocenters. The van der Waals surface area contributed by atoms with Gasteiger partial charge in [0.05, 0.1) is 36.4 Å². The number of nitrogens with zero attached hydrogens (tertiary/aromatic N) is 6. The van der Waals surface area contributed by atoms with Crippen molar-refractivity contribution in [1.29, 1.82) is 0 Å². The van der Waals surface area contributed by atoms with Crippen LogP contribution >= 0.6 is 11.8 Å². The van der Waals surface area contributed by atoms with E-state index in [1.165, 1.54) is 42.0 Å². The molecule has 0 unspecified atom stereocenters. The zero-order chi connectivity index (χ0) is 25.5. The van der Waals surface area contributed by atoms with Crippen LogP contribution in [0.15, 0.2) is 36.5 Å². The summed E-state index contributed by atoms with van der Waals surface area (Å²) in [5.74, 6) is -5.89. The van der Waals surface area contributed by atoms with Gasteiger partial charge in [-0.15, -0.1) is 16.9 Å². The molecule has 1 amide bonds. The number of fused-ring (bicyclic) bond motifs is 1. The summed E-state index contributed by atoms with van der Waals surface area (Å²) in [6.45, 7) is 1.46. The van der Waals surface area contributed by atoms with Gasteiger partial charge in [-0.05, 0) is 19.1 Å². The molecule has 2 aliphatic heterocycles. The Kier molecular flexibility index (Phi) is 5.92. The number of hydrogen-bond acceptors (Lipinski definition) is 12. The van der Waals surface area contributed by atoms with Crippen molar-refractivity contribution in [3.63, 3.8) is 0 Å². The first-order valence-electron chi connectivity index (χ1n) is 10.1. The fourth-order valence-electron chi connectivity index (χ4n) is 4.08. The van der Waals surface area contributed by atoms with Gasteiger partial charge in [-0.2, -0.15) is 9.90 Å². The van der Waals surface area contributed by atoms with Gasteiger partial charge >= 0.3 is 17.8 Å². The molecule has 1 aromatic carbocycles. The molecule has 4 rings (SSSR count). The van der Waals surface area contributed by atoms with Gasteiger partial charge in [0.15, 0.2) is 11.3 Å². The van der Waals surface area contributed by atoms with E-state index in [0.29, 0.717) is 0 Å². The van der Waals surface area contributed by atoms with Crippen molar-refractivity contribution in [2.45, 2.75) is 41.9 Å². The first kappa shape index (κ1) is 24.1. The Morgan fingerprint density at radius 2 is 1.91 bits per heavy atom. The molecule has 35 heavy (non-hydrogen) atoms. The van der Waals surface area contributed by atoms with E-state index >= 15 is 0 Å². The Labute approximate surface area is 200 Å². The average Bonchev–Trinajstić information content (AvgIpc) is 3.36. The Hall–Kier alpha value is -4.08. The first-order chi connectivity index (χ1) is 16.5. The minimum atomic E-state index is -3.42. The summed E-state index contributed by atoms with van der Waals surface area (Å²) >= 11 is 1.21. The van der Waals surface area contributed by atoms with Crippen LogP contribution in [0, 0.1) is 20.2 Å². The zero-order valence-electron chi connectivity index (χ0n) is 18.3. The van der Waals surface area contributed by atoms with Crippen LogP contribution in [0.5, 0.6) is 0 Å². The van der Waals surface area contributed by atoms with E-state index in [4.69, 9.17) is 4.74 Å². The molecule has 0 radical (unpaired) electrons. The molecule has 2 saturated heterocycles. The highest BCUT2D eigenvalue weighted by atomic mass is 32.2. The lowest BCUT2D eigenvalue weighted by Gasteiger charge is -2.37. The Bertz CT molecular complexity index is 1210. The lowest BCUT2D eigenvalue weighted by molar-refractivity contribution is -0.858. The van der Waals surface area contributed by atoms with E-state index in [0.717, 1.165) is 23.1 Å². The van der Waals surface area contributed by atoms with Crippen molar-refractivity contribution in [2.24, 2.45) is 0 Å². The van der Waals surface area contributed by atoms with E-state index in [9.17, 15) is 34.6 Å². The average molecular weight is 506 g/mol. The number of esters is 2. The molecule has 2 fully saturated rings. The molecule has 0 spiro atoms. The maximum absolute atomic E-state index is 13.4. The Morgan fingerprint density at radius 1 is 1.26 bits per heavy atom. The van der Waals surface area contributed by atoms with E-state index in [1.807, 2.05) is 0 Å². The predicted octanol–water partition coefficient (Wildman–Crippen LogP) is 0.404. The highest BCUT2D eigenvalue weighted by Gasteiger charge is 2.68. The number of aromatic nitrogens is 3. The quantitative estimate of drug-likeness (QED) is 0.158. The van der Waals surface area contributed by atoms with Crippen molar-refractivity contribution in [1.82, 2.24) is 19.9 Å². The van der Waals surface area contributed by atoms with Crippen molar-refractivity contribution < 1.29 is 33.7 Å². The number of hydrogen-bond donors (Lipinski definition) is 0. The predicted molar refractivity (Wildman–Crippen MR) is 115 cm³/mol. The Balaban J connectivity index is 1.69. The van der Waals surface area contributed by atoms with Crippen LogP contribution in [-0.4, -0.2) is 70.9 Å². The molecule has 0 aliphatic carbocycles. The van der Waals surface area contributed by atoms with E-state index in [-0.39, 0.29) is 18.7 Å². The lowest BCUT2D eigenvalue weighted by Crippen LogP contribution is -2.60. The van der Waals surface area contributed by atoms with Gasteiger partial charge in [0.25, 0.3) is 0 Å². The molecule has 2 aliphatic rings. The highest BCUT2D eigenvalue weighted by Crippen LogP contribution is 2.52. The van der Waals surface area contributed by atoms with Gasteiger partial charge < -0.3 is 14.4 Å². The third-order valence-electron chi connectivity index (χ3n) is 5.71. The number of thioether (sulfide) groups is 1. The third-order valence-corrected chi connectivity index (χ3v) is 7.26. The second-order valence-corrected chi connectivity index (χ2v) is 9.67. The highest BCUT2D eigenvalue weighted by molar-refractivity contribution is 8.01. The molecule has 15 nitrogen and oxygen atoms in total. The molecular weight excluding hydrogens is 488 g/mol. The number of rotatable bonds is 8. The van der Waals surface area contributed by atoms with Crippen LogP contribution in [-0.2, 0) is 31.5 Å². The molecule has 16 heteroatoms. The van der Waals surface area contributed by atoms with Crippen LogP contribution in [0.4, 0.5) is 0 Å². The fraction of sp³-hybridized carbons (Fsp3) is 0.421. The molecular formula is C19H18N6O9S. The lowest BCUT2D eigenvalue weighted by atomic mass is 9.96. The number of amides is 1. The summed E-state index contributed by atoms with van der Waals surface area (Å²) in [7, 11) is 1.17. The summed E-state index contributed by atoms with van der Waals surface area (Å²) in [6.07, 6.45) is 1.26. The molecule has 184 valence electrons. The van der Waals surface area contributed by atoms with Gasteiger partial charge in [-0.1, -0.05) is 18.2 Å². The number of nitro groups is 2. The van der Waals surface area contributed by atoms with E-state index < -0.39 is 55.3 Å². The second-order valence-electron chi connectivity index (χ2n) is 7.95.